The van der Waals surface area contributed by atoms with Gasteiger partial charge < -0.3 is 29.6 Å². The van der Waals surface area contributed by atoms with Crippen LogP contribution in [-0.2, 0) is 6.54 Å². The fourth-order valence-electron chi connectivity index (χ4n) is 2.78. The molecule has 0 spiro atoms. The Labute approximate surface area is 206 Å². The highest BCUT2D eigenvalue weighted by Gasteiger charge is 2.13. The van der Waals surface area contributed by atoms with Gasteiger partial charge in [0, 0.05) is 13.6 Å². The molecule has 0 heterocycles. The minimum Gasteiger partial charge on any atom is -0.493 e. The van der Waals surface area contributed by atoms with Gasteiger partial charge >= 0.3 is 0 Å². The zero-order valence-corrected chi connectivity index (χ0v) is 21.6. The number of rotatable bonds is 10. The number of halogens is 2. The molecule has 0 aliphatic rings. The zero-order chi connectivity index (χ0) is 21.9. The minimum atomic E-state index is -0.0973. The van der Waals surface area contributed by atoms with Crippen molar-refractivity contribution in [2.45, 2.75) is 26.5 Å². The van der Waals surface area contributed by atoms with E-state index in [0.29, 0.717) is 53.7 Å². The molecule has 0 saturated heterocycles. The van der Waals surface area contributed by atoms with E-state index in [4.69, 9.17) is 30.5 Å². The molecule has 172 valence electrons. The van der Waals surface area contributed by atoms with Gasteiger partial charge in [0.2, 0.25) is 0 Å². The molecule has 0 radical (unpaired) electrons. The van der Waals surface area contributed by atoms with Gasteiger partial charge in [-0.3, -0.25) is 4.99 Å². The third kappa shape index (κ3) is 8.17. The number of ether oxygens (including phenoxy) is 4. The number of nitrogens with zero attached hydrogens (tertiary/aromatic N) is 1. The molecule has 7 nitrogen and oxygen atoms in total. The Bertz CT molecular complexity index is 852. The molecule has 2 N–H and O–H groups in total. The number of benzene rings is 2. The van der Waals surface area contributed by atoms with Crippen LogP contribution in [-0.4, -0.2) is 46.5 Å². The molecule has 2 aromatic rings. The lowest BCUT2D eigenvalue weighted by atomic mass is 10.2. The molecule has 2 aromatic carbocycles. The Balaban J connectivity index is 0.00000480. The zero-order valence-electron chi connectivity index (χ0n) is 18.5. The first-order valence-corrected chi connectivity index (χ1v) is 10.1. The highest BCUT2D eigenvalue weighted by molar-refractivity contribution is 14.0. The summed E-state index contributed by atoms with van der Waals surface area (Å²) < 4.78 is 22.2. The average molecular weight is 564 g/mol. The maximum Gasteiger partial charge on any atom is 0.191 e. The maximum absolute atomic E-state index is 6.34. The van der Waals surface area contributed by atoms with Crippen LogP contribution in [0.2, 0.25) is 5.02 Å². The standard InChI is InChI=1S/C22H30ClN3O4.HI/c1-6-29-21-17(23)11-16(12-20(21)28-5)14-26-22(24-3)25-13-15(2)30-19-10-8-7-9-18(19)27-4;/h7-12,15H,6,13-14H2,1-5H3,(H2,24,25,26);1H. The molecule has 9 heteroatoms. The topological polar surface area (TPSA) is 73.3 Å². The summed E-state index contributed by atoms with van der Waals surface area (Å²) in [4.78, 5) is 4.25. The summed E-state index contributed by atoms with van der Waals surface area (Å²) in [5.74, 6) is 3.20. The molecule has 0 amide bonds. The molecule has 0 fully saturated rings. The van der Waals surface area contributed by atoms with Crippen LogP contribution in [0.3, 0.4) is 0 Å². The van der Waals surface area contributed by atoms with Crippen molar-refractivity contribution in [2.75, 3.05) is 34.4 Å². The smallest absolute Gasteiger partial charge is 0.191 e. The Hall–Kier alpha value is -2.07. The van der Waals surface area contributed by atoms with Gasteiger partial charge in [-0.1, -0.05) is 23.7 Å². The highest BCUT2D eigenvalue weighted by Crippen LogP contribution is 2.36. The van der Waals surface area contributed by atoms with E-state index in [9.17, 15) is 0 Å². The van der Waals surface area contributed by atoms with Crippen molar-refractivity contribution in [1.82, 2.24) is 10.6 Å². The number of hydrogen-bond donors (Lipinski definition) is 2. The predicted molar refractivity (Wildman–Crippen MR) is 136 cm³/mol. The van der Waals surface area contributed by atoms with Gasteiger partial charge in [-0.2, -0.15) is 0 Å². The minimum absolute atomic E-state index is 0. The number of para-hydroxylation sites is 2. The van der Waals surface area contributed by atoms with Gasteiger partial charge in [-0.05, 0) is 43.7 Å². The van der Waals surface area contributed by atoms with E-state index >= 15 is 0 Å². The highest BCUT2D eigenvalue weighted by atomic mass is 127. The summed E-state index contributed by atoms with van der Waals surface area (Å²) in [7, 11) is 4.93. The van der Waals surface area contributed by atoms with Crippen LogP contribution >= 0.6 is 35.6 Å². The van der Waals surface area contributed by atoms with E-state index < -0.39 is 0 Å². The molecular formula is C22H31ClIN3O4. The third-order valence-electron chi connectivity index (χ3n) is 4.22. The quantitative estimate of drug-likeness (QED) is 0.252. The van der Waals surface area contributed by atoms with Gasteiger partial charge in [0.25, 0.3) is 0 Å². The molecule has 0 bridgehead atoms. The molecule has 1 atom stereocenters. The number of methoxy groups -OCH3 is 2. The van der Waals surface area contributed by atoms with E-state index in [2.05, 4.69) is 15.6 Å². The molecule has 0 aliphatic heterocycles. The molecule has 0 saturated carbocycles. The summed E-state index contributed by atoms with van der Waals surface area (Å²) in [6, 6.07) is 11.3. The van der Waals surface area contributed by atoms with Crippen LogP contribution in [0.15, 0.2) is 41.4 Å². The van der Waals surface area contributed by atoms with Crippen LogP contribution in [0.25, 0.3) is 0 Å². The second-order valence-electron chi connectivity index (χ2n) is 6.43. The second-order valence-corrected chi connectivity index (χ2v) is 6.84. The fourth-order valence-corrected chi connectivity index (χ4v) is 3.07. The van der Waals surface area contributed by atoms with Crippen molar-refractivity contribution in [3.8, 4) is 23.0 Å². The molecule has 2 rings (SSSR count). The van der Waals surface area contributed by atoms with E-state index in [-0.39, 0.29) is 30.1 Å². The number of hydrogen-bond acceptors (Lipinski definition) is 5. The Morgan fingerprint density at radius 1 is 1.06 bits per heavy atom. The summed E-state index contributed by atoms with van der Waals surface area (Å²) in [5.41, 5.74) is 0.946. The van der Waals surface area contributed by atoms with E-state index in [1.165, 1.54) is 0 Å². The maximum atomic E-state index is 6.34. The van der Waals surface area contributed by atoms with Crippen molar-refractivity contribution in [1.29, 1.82) is 0 Å². The van der Waals surface area contributed by atoms with Crippen LogP contribution in [0.1, 0.15) is 19.4 Å². The summed E-state index contributed by atoms with van der Waals surface area (Å²) >= 11 is 6.34. The number of aliphatic imine (C=N–C) groups is 1. The van der Waals surface area contributed by atoms with Gasteiger partial charge in [0.1, 0.15) is 6.10 Å². The largest absolute Gasteiger partial charge is 0.493 e. The first-order chi connectivity index (χ1) is 14.5. The van der Waals surface area contributed by atoms with Gasteiger partial charge in [-0.25, -0.2) is 0 Å². The lowest BCUT2D eigenvalue weighted by Gasteiger charge is -2.19. The van der Waals surface area contributed by atoms with Crippen molar-refractivity contribution in [3.63, 3.8) is 0 Å². The molecule has 0 aliphatic carbocycles. The molecular weight excluding hydrogens is 533 g/mol. The van der Waals surface area contributed by atoms with Gasteiger partial charge in [-0.15, -0.1) is 24.0 Å². The van der Waals surface area contributed by atoms with Crippen LogP contribution in [0.5, 0.6) is 23.0 Å². The van der Waals surface area contributed by atoms with E-state index in [1.807, 2.05) is 50.2 Å². The first kappa shape index (κ1) is 27.0. The van der Waals surface area contributed by atoms with Crippen LogP contribution in [0, 0.1) is 0 Å². The van der Waals surface area contributed by atoms with Crippen molar-refractivity contribution >= 4 is 41.5 Å². The van der Waals surface area contributed by atoms with Crippen LogP contribution < -0.4 is 29.6 Å². The summed E-state index contributed by atoms with van der Waals surface area (Å²) in [6.07, 6.45) is -0.0973. The van der Waals surface area contributed by atoms with E-state index in [1.54, 1.807) is 21.3 Å². The lowest BCUT2D eigenvalue weighted by molar-refractivity contribution is 0.213. The van der Waals surface area contributed by atoms with Crippen LogP contribution in [0.4, 0.5) is 0 Å². The normalized spacial score (nSPS) is 11.7. The Morgan fingerprint density at radius 3 is 2.35 bits per heavy atom. The van der Waals surface area contributed by atoms with Gasteiger partial charge in [0.05, 0.1) is 32.4 Å². The second kappa shape index (κ2) is 14.1. The number of guanidine groups is 1. The third-order valence-corrected chi connectivity index (χ3v) is 4.50. The van der Waals surface area contributed by atoms with E-state index in [0.717, 1.165) is 5.56 Å². The Kier molecular flexibility index (Phi) is 12.2. The lowest BCUT2D eigenvalue weighted by Crippen LogP contribution is -2.41. The number of nitrogens with one attached hydrogen (secondary N) is 2. The van der Waals surface area contributed by atoms with Crippen molar-refractivity contribution in [2.24, 2.45) is 4.99 Å². The summed E-state index contributed by atoms with van der Waals surface area (Å²) in [6.45, 7) is 5.47. The molecule has 1 unspecified atom stereocenters. The Morgan fingerprint density at radius 2 is 1.74 bits per heavy atom. The average Bonchev–Trinajstić information content (AvgIpc) is 2.75. The molecule has 31 heavy (non-hydrogen) atoms. The molecule has 0 aromatic heterocycles. The predicted octanol–water partition coefficient (Wildman–Crippen LogP) is 4.51. The van der Waals surface area contributed by atoms with Gasteiger partial charge in [0.15, 0.2) is 29.0 Å². The fraction of sp³-hybridized carbons (Fsp3) is 0.409. The van der Waals surface area contributed by atoms with Crippen molar-refractivity contribution in [3.05, 3.63) is 47.0 Å². The SMILES string of the molecule is CCOc1c(Cl)cc(CNC(=NC)NCC(C)Oc2ccccc2OC)cc1OC.I. The monoisotopic (exact) mass is 563 g/mol. The first-order valence-electron chi connectivity index (χ1n) is 9.75. The summed E-state index contributed by atoms with van der Waals surface area (Å²) in [5, 5.41) is 7.03. The van der Waals surface area contributed by atoms with Crippen molar-refractivity contribution < 1.29 is 18.9 Å².